The van der Waals surface area contributed by atoms with Gasteiger partial charge in [0, 0.05) is 30.9 Å². The zero-order chi connectivity index (χ0) is 25.5. The summed E-state index contributed by atoms with van der Waals surface area (Å²) in [6.07, 6.45) is 3.86. The summed E-state index contributed by atoms with van der Waals surface area (Å²) < 4.78 is 22.9. The van der Waals surface area contributed by atoms with E-state index in [0.29, 0.717) is 49.0 Å². The van der Waals surface area contributed by atoms with Crippen LogP contribution in [0.5, 0.6) is 0 Å². The zero-order valence-electron chi connectivity index (χ0n) is 21.0. The maximum Gasteiger partial charge on any atom is 0.251 e. The fraction of sp³-hybridized carbons (Fsp3) is 0.519. The number of anilines is 2. The maximum absolute atomic E-state index is 13.5. The highest BCUT2D eigenvalue weighted by Gasteiger charge is 2.29. The maximum atomic E-state index is 13.5. The van der Waals surface area contributed by atoms with Crippen molar-refractivity contribution in [2.45, 2.75) is 51.2 Å². The number of aliphatic hydroxyl groups excluding tert-OH is 1. The van der Waals surface area contributed by atoms with Crippen LogP contribution in [0.1, 0.15) is 48.5 Å². The van der Waals surface area contributed by atoms with Gasteiger partial charge in [-0.25, -0.2) is 0 Å². The molecule has 2 unspecified atom stereocenters. The molecule has 2 aromatic carbocycles. The summed E-state index contributed by atoms with van der Waals surface area (Å²) in [5, 5.41) is 20.7. The lowest BCUT2D eigenvalue weighted by Crippen LogP contribution is -2.49. The highest BCUT2D eigenvalue weighted by atomic mass is 32.3. The van der Waals surface area contributed by atoms with Crippen molar-refractivity contribution < 1.29 is 19.0 Å². The number of carbonyl (C=O) groups excluding carboxylic acids is 1. The molecule has 8 nitrogen and oxygen atoms in total. The highest BCUT2D eigenvalue weighted by molar-refractivity contribution is 8.25. The third-order valence-electron chi connectivity index (χ3n) is 6.79. The van der Waals surface area contributed by atoms with Crippen molar-refractivity contribution >= 4 is 28.1 Å². The standard InChI is InChI=1S/C27H40N4O4S/c1-2-29-23-15-22(16-24(17-23)31-12-6-7-13-36(31,34)35)27(33)30-25(14-20-8-4-3-5-9-20)26(32)19-28-18-21-10-11-21/h3-5,8-9,15-17,21,25-26,28-29,32,34-35H,2,6-7,10-14,18-19H2,1H3,(H,30,33). The number of hydrogen-bond acceptors (Lipinski definition) is 7. The molecule has 2 aliphatic rings. The molecular weight excluding hydrogens is 476 g/mol. The molecule has 1 saturated carbocycles. The Kier molecular flexibility index (Phi) is 9.14. The molecule has 2 aromatic rings. The van der Waals surface area contributed by atoms with E-state index < -0.39 is 22.9 Å². The first kappa shape index (κ1) is 26.8. The lowest BCUT2D eigenvalue weighted by atomic mass is 10.00. The van der Waals surface area contributed by atoms with Crippen LogP contribution in [0.4, 0.5) is 11.4 Å². The largest absolute Gasteiger partial charge is 0.390 e. The van der Waals surface area contributed by atoms with Crippen LogP contribution in [-0.4, -0.2) is 64.2 Å². The Hall–Kier alpha value is -2.30. The summed E-state index contributed by atoms with van der Waals surface area (Å²) in [6, 6.07) is 14.7. The summed E-state index contributed by atoms with van der Waals surface area (Å²) in [4.78, 5) is 13.5. The Balaban J connectivity index is 1.54. The third-order valence-corrected chi connectivity index (χ3v) is 8.73. The molecule has 0 radical (unpaired) electrons. The highest BCUT2D eigenvalue weighted by Crippen LogP contribution is 2.50. The molecule has 2 atom stereocenters. The minimum Gasteiger partial charge on any atom is -0.390 e. The van der Waals surface area contributed by atoms with Crippen molar-refractivity contribution in [3.8, 4) is 0 Å². The molecule has 9 heteroatoms. The number of nitrogens with one attached hydrogen (secondary N) is 3. The zero-order valence-corrected chi connectivity index (χ0v) is 21.8. The summed E-state index contributed by atoms with van der Waals surface area (Å²) in [6.45, 7) is 4.47. The van der Waals surface area contributed by atoms with Gasteiger partial charge < -0.3 is 21.1 Å². The van der Waals surface area contributed by atoms with Gasteiger partial charge >= 0.3 is 0 Å². The molecule has 6 N–H and O–H groups in total. The molecule has 4 rings (SSSR count). The number of hydrogen-bond donors (Lipinski definition) is 6. The van der Waals surface area contributed by atoms with Gasteiger partial charge in [0.1, 0.15) is 0 Å². The van der Waals surface area contributed by atoms with Crippen LogP contribution >= 0.6 is 10.8 Å². The average molecular weight is 517 g/mol. The minimum atomic E-state index is -2.91. The number of carbonyl (C=O) groups is 1. The minimum absolute atomic E-state index is 0.299. The van der Waals surface area contributed by atoms with E-state index >= 15 is 0 Å². The van der Waals surface area contributed by atoms with Gasteiger partial charge in [-0.3, -0.25) is 18.2 Å². The number of amides is 1. The number of benzene rings is 2. The van der Waals surface area contributed by atoms with Gasteiger partial charge in [-0.1, -0.05) is 30.3 Å². The van der Waals surface area contributed by atoms with E-state index in [1.54, 1.807) is 16.4 Å². The first-order valence-electron chi connectivity index (χ1n) is 13.0. The van der Waals surface area contributed by atoms with E-state index in [1.807, 2.05) is 43.3 Å². The average Bonchev–Trinajstić information content (AvgIpc) is 3.68. The normalized spacial score (nSPS) is 19.8. The quantitative estimate of drug-likeness (QED) is 0.252. The van der Waals surface area contributed by atoms with Gasteiger partial charge in [-0.05, 0) is 75.3 Å². The second kappa shape index (κ2) is 12.3. The van der Waals surface area contributed by atoms with Crippen LogP contribution in [0.25, 0.3) is 0 Å². The Labute approximate surface area is 216 Å². The Bertz CT molecular complexity index is 1000. The Morgan fingerprint density at radius 3 is 2.61 bits per heavy atom. The summed E-state index contributed by atoms with van der Waals surface area (Å²) >= 11 is 0. The number of aliphatic hydroxyl groups is 1. The van der Waals surface area contributed by atoms with Crippen LogP contribution in [0.3, 0.4) is 0 Å². The van der Waals surface area contributed by atoms with Crippen LogP contribution in [0.15, 0.2) is 48.5 Å². The van der Waals surface area contributed by atoms with E-state index in [9.17, 15) is 19.0 Å². The van der Waals surface area contributed by atoms with Crippen molar-refractivity contribution in [1.82, 2.24) is 10.6 Å². The molecule has 1 saturated heterocycles. The van der Waals surface area contributed by atoms with Gasteiger partial charge in [0.05, 0.1) is 23.6 Å². The smallest absolute Gasteiger partial charge is 0.251 e. The van der Waals surface area contributed by atoms with Crippen LogP contribution in [-0.2, 0) is 6.42 Å². The molecule has 1 amide bonds. The molecule has 198 valence electrons. The molecule has 0 aromatic heterocycles. The van der Waals surface area contributed by atoms with Gasteiger partial charge in [0.25, 0.3) is 5.91 Å². The van der Waals surface area contributed by atoms with E-state index in [2.05, 4.69) is 16.0 Å². The van der Waals surface area contributed by atoms with Crippen molar-refractivity contribution in [1.29, 1.82) is 0 Å². The van der Waals surface area contributed by atoms with E-state index in [0.717, 1.165) is 30.6 Å². The van der Waals surface area contributed by atoms with E-state index in [1.165, 1.54) is 12.8 Å². The van der Waals surface area contributed by atoms with Crippen molar-refractivity contribution in [3.63, 3.8) is 0 Å². The van der Waals surface area contributed by atoms with Gasteiger partial charge in [0.15, 0.2) is 0 Å². The molecule has 0 spiro atoms. The first-order valence-corrected chi connectivity index (χ1v) is 14.7. The number of nitrogens with zero attached hydrogens (tertiary/aromatic N) is 1. The SMILES string of the molecule is CCNc1cc(C(=O)NC(Cc2ccccc2)C(O)CNCC2CC2)cc(N2CCCCS2(O)O)c1. The molecule has 1 aliphatic heterocycles. The monoisotopic (exact) mass is 516 g/mol. The van der Waals surface area contributed by atoms with Crippen molar-refractivity contribution in [3.05, 3.63) is 59.7 Å². The lowest BCUT2D eigenvalue weighted by Gasteiger charge is -2.47. The molecule has 2 fully saturated rings. The fourth-order valence-corrected chi connectivity index (χ4v) is 6.28. The molecule has 0 bridgehead atoms. The first-order chi connectivity index (χ1) is 17.4. The van der Waals surface area contributed by atoms with Gasteiger partial charge in [-0.15, -0.1) is 10.8 Å². The van der Waals surface area contributed by atoms with Crippen LogP contribution in [0.2, 0.25) is 0 Å². The van der Waals surface area contributed by atoms with E-state index in [4.69, 9.17) is 0 Å². The van der Waals surface area contributed by atoms with Crippen LogP contribution in [0, 0.1) is 5.92 Å². The molecule has 1 heterocycles. The molecule has 36 heavy (non-hydrogen) atoms. The van der Waals surface area contributed by atoms with E-state index in [-0.39, 0.29) is 5.91 Å². The second-order valence-corrected chi connectivity index (χ2v) is 12.0. The lowest BCUT2D eigenvalue weighted by molar-refractivity contribution is 0.0830. The summed E-state index contributed by atoms with van der Waals surface area (Å²) in [5.74, 6) is 0.736. The topological polar surface area (TPSA) is 117 Å². The predicted molar refractivity (Wildman–Crippen MR) is 148 cm³/mol. The predicted octanol–water partition coefficient (Wildman–Crippen LogP) is 4.09. The van der Waals surface area contributed by atoms with Crippen molar-refractivity contribution in [2.75, 3.05) is 41.6 Å². The van der Waals surface area contributed by atoms with Crippen LogP contribution < -0.4 is 20.3 Å². The fourth-order valence-electron chi connectivity index (χ4n) is 4.60. The Morgan fingerprint density at radius 1 is 1.14 bits per heavy atom. The van der Waals surface area contributed by atoms with Gasteiger partial charge in [0.2, 0.25) is 0 Å². The Morgan fingerprint density at radius 2 is 1.92 bits per heavy atom. The molecule has 1 aliphatic carbocycles. The third kappa shape index (κ3) is 7.36. The summed E-state index contributed by atoms with van der Waals surface area (Å²) in [7, 11) is -2.91. The summed E-state index contributed by atoms with van der Waals surface area (Å²) in [5.41, 5.74) is 2.81. The van der Waals surface area contributed by atoms with Gasteiger partial charge in [-0.2, -0.15) is 0 Å². The van der Waals surface area contributed by atoms with Crippen molar-refractivity contribution in [2.24, 2.45) is 5.92 Å². The number of rotatable bonds is 12. The molecular formula is C27H40N4O4S. The second-order valence-electron chi connectivity index (χ2n) is 9.88.